The molecule has 0 N–H and O–H groups in total. The Hall–Kier alpha value is -6.24. The van der Waals surface area contributed by atoms with Gasteiger partial charge >= 0.3 is 0 Å². The van der Waals surface area contributed by atoms with Gasteiger partial charge in [-0.3, -0.25) is 0 Å². The molecule has 222 valence electrons. The molecule has 0 saturated heterocycles. The van der Waals surface area contributed by atoms with Crippen molar-refractivity contribution in [3.05, 3.63) is 182 Å². The molecule has 0 spiro atoms. The molecule has 48 heavy (non-hydrogen) atoms. The third-order valence-corrected chi connectivity index (χ3v) is 10.2. The molecule has 0 heteroatoms. The van der Waals surface area contributed by atoms with E-state index in [1.165, 1.54) is 98.0 Å². The second-order valence-corrected chi connectivity index (χ2v) is 12.8. The molecule has 0 aliphatic rings. The van der Waals surface area contributed by atoms with Crippen LogP contribution in [0.1, 0.15) is 0 Å². The summed E-state index contributed by atoms with van der Waals surface area (Å²) >= 11 is 0. The summed E-state index contributed by atoms with van der Waals surface area (Å²) in [5.74, 6) is 0. The summed E-state index contributed by atoms with van der Waals surface area (Å²) in [6.07, 6.45) is 0. The number of benzene rings is 10. The number of hydrogen-bond donors (Lipinski definition) is 0. The highest BCUT2D eigenvalue weighted by Crippen LogP contribution is 2.48. The number of hydrogen-bond acceptors (Lipinski definition) is 0. The van der Waals surface area contributed by atoms with Gasteiger partial charge in [0, 0.05) is 0 Å². The molecule has 0 aromatic heterocycles. The molecule has 0 unspecified atom stereocenters. The molecule has 0 bridgehead atoms. The minimum Gasteiger partial charge on any atom is -0.0616 e. The molecule has 0 fully saturated rings. The summed E-state index contributed by atoms with van der Waals surface area (Å²) in [7, 11) is 0. The zero-order valence-corrected chi connectivity index (χ0v) is 26.3. The molecule has 0 amide bonds. The van der Waals surface area contributed by atoms with Gasteiger partial charge in [-0.25, -0.2) is 0 Å². The first-order chi connectivity index (χ1) is 23.8. The fraction of sp³-hybridized carbons (Fsp3) is 0. The first-order valence-electron chi connectivity index (χ1n) is 16.7. The predicted molar refractivity (Wildman–Crippen MR) is 208 cm³/mol. The van der Waals surface area contributed by atoms with E-state index in [1.807, 2.05) is 0 Å². The van der Waals surface area contributed by atoms with Gasteiger partial charge in [0.15, 0.2) is 0 Å². The molecule has 0 aliphatic carbocycles. The van der Waals surface area contributed by atoms with Crippen molar-refractivity contribution in [2.45, 2.75) is 0 Å². The topological polar surface area (TPSA) is 0 Å². The summed E-state index contributed by atoms with van der Waals surface area (Å²) in [5.41, 5.74) is 7.62. The van der Waals surface area contributed by atoms with Gasteiger partial charge in [0.05, 0.1) is 0 Å². The van der Waals surface area contributed by atoms with Crippen molar-refractivity contribution in [1.29, 1.82) is 0 Å². The Labute approximate surface area is 279 Å². The van der Waals surface area contributed by atoms with Crippen molar-refractivity contribution in [2.24, 2.45) is 0 Å². The van der Waals surface area contributed by atoms with Crippen LogP contribution in [0.15, 0.2) is 182 Å². The molecule has 10 aromatic rings. The number of rotatable bonds is 3. The Bertz CT molecular complexity index is 2830. The molecular weight excluding hydrogens is 577 g/mol. The lowest BCUT2D eigenvalue weighted by atomic mass is 9.82. The van der Waals surface area contributed by atoms with Gasteiger partial charge in [0.1, 0.15) is 0 Å². The normalized spacial score (nSPS) is 11.8. The maximum absolute atomic E-state index is 2.35. The Morgan fingerprint density at radius 1 is 0.229 bits per heavy atom. The second-order valence-electron chi connectivity index (χ2n) is 12.8. The average molecular weight is 607 g/mol. The Morgan fingerprint density at radius 3 is 1.38 bits per heavy atom. The molecule has 0 saturated carbocycles. The van der Waals surface area contributed by atoms with E-state index < -0.39 is 0 Å². The molecule has 10 rings (SSSR count). The van der Waals surface area contributed by atoms with E-state index in [2.05, 4.69) is 182 Å². The summed E-state index contributed by atoms with van der Waals surface area (Å²) in [6.45, 7) is 0. The minimum atomic E-state index is 1.24. The standard InChI is InChI=1S/C48H30/c1-2-14-34-30-35(27-24-31(34)12-1)36-28-29-44(39-18-6-5-17-38(36)39)47-40-19-7-9-21-42(40)48(43-22-10-8-20-41(43)47)45-23-11-15-33-26-25-32-13-3-4-16-37(32)46(33)45/h1-30H. The van der Waals surface area contributed by atoms with Crippen molar-refractivity contribution >= 4 is 64.6 Å². The van der Waals surface area contributed by atoms with Gasteiger partial charge in [-0.1, -0.05) is 176 Å². The quantitative estimate of drug-likeness (QED) is 0.139. The fourth-order valence-electron chi connectivity index (χ4n) is 8.10. The fourth-order valence-corrected chi connectivity index (χ4v) is 8.10. The van der Waals surface area contributed by atoms with E-state index in [0.29, 0.717) is 0 Å². The van der Waals surface area contributed by atoms with Crippen LogP contribution < -0.4 is 0 Å². The van der Waals surface area contributed by atoms with Crippen molar-refractivity contribution in [1.82, 2.24) is 0 Å². The van der Waals surface area contributed by atoms with Gasteiger partial charge in [0.25, 0.3) is 0 Å². The highest BCUT2D eigenvalue weighted by atomic mass is 14.2. The largest absolute Gasteiger partial charge is 0.0616 e. The first-order valence-corrected chi connectivity index (χ1v) is 16.7. The van der Waals surface area contributed by atoms with Crippen molar-refractivity contribution in [2.75, 3.05) is 0 Å². The molecular formula is C48H30. The van der Waals surface area contributed by atoms with Gasteiger partial charge in [-0.2, -0.15) is 0 Å². The summed E-state index contributed by atoms with van der Waals surface area (Å²) in [5, 5.41) is 15.3. The van der Waals surface area contributed by atoms with Crippen LogP contribution in [-0.4, -0.2) is 0 Å². The van der Waals surface area contributed by atoms with Crippen LogP contribution in [0.4, 0.5) is 0 Å². The third-order valence-electron chi connectivity index (χ3n) is 10.2. The monoisotopic (exact) mass is 606 g/mol. The predicted octanol–water partition coefficient (Wildman–Crippen LogP) is 13.6. The first kappa shape index (κ1) is 26.9. The van der Waals surface area contributed by atoms with Crippen LogP contribution in [0, 0.1) is 0 Å². The molecule has 10 aromatic carbocycles. The van der Waals surface area contributed by atoms with Crippen molar-refractivity contribution in [3.8, 4) is 33.4 Å². The molecule has 0 aliphatic heterocycles. The van der Waals surface area contributed by atoms with Crippen LogP contribution in [-0.2, 0) is 0 Å². The molecule has 0 radical (unpaired) electrons. The van der Waals surface area contributed by atoms with E-state index >= 15 is 0 Å². The van der Waals surface area contributed by atoms with Crippen LogP contribution in [0.2, 0.25) is 0 Å². The molecule has 0 heterocycles. The van der Waals surface area contributed by atoms with E-state index in [0.717, 1.165) is 0 Å². The SMILES string of the molecule is c1ccc2cc(-c3ccc(-c4c5ccccc5c(-c5cccc6ccc7ccccc7c56)c5ccccc45)c4ccccc34)ccc2c1. The van der Waals surface area contributed by atoms with Gasteiger partial charge in [-0.15, -0.1) is 0 Å². The lowest BCUT2D eigenvalue weighted by molar-refractivity contribution is 1.66. The molecule has 0 nitrogen and oxygen atoms in total. The smallest absolute Gasteiger partial charge is 0.00199 e. The van der Waals surface area contributed by atoms with Gasteiger partial charge in [-0.05, 0) is 104 Å². The summed E-state index contributed by atoms with van der Waals surface area (Å²) in [4.78, 5) is 0. The lowest BCUT2D eigenvalue weighted by Crippen LogP contribution is -1.93. The van der Waals surface area contributed by atoms with Crippen molar-refractivity contribution in [3.63, 3.8) is 0 Å². The molecule has 0 atom stereocenters. The van der Waals surface area contributed by atoms with E-state index in [-0.39, 0.29) is 0 Å². The number of fused-ring (bicyclic) bond motifs is 7. The average Bonchev–Trinajstić information content (AvgIpc) is 3.16. The third kappa shape index (κ3) is 4.03. The van der Waals surface area contributed by atoms with Crippen LogP contribution in [0.3, 0.4) is 0 Å². The van der Waals surface area contributed by atoms with E-state index in [4.69, 9.17) is 0 Å². The van der Waals surface area contributed by atoms with E-state index in [1.54, 1.807) is 0 Å². The lowest BCUT2D eigenvalue weighted by Gasteiger charge is -2.21. The Kier molecular flexibility index (Phi) is 5.98. The summed E-state index contributed by atoms with van der Waals surface area (Å²) in [6, 6.07) is 67.1. The second kappa shape index (κ2) is 10.7. The van der Waals surface area contributed by atoms with Crippen LogP contribution >= 0.6 is 0 Å². The Morgan fingerprint density at radius 2 is 0.688 bits per heavy atom. The van der Waals surface area contributed by atoms with Crippen molar-refractivity contribution < 1.29 is 0 Å². The Balaban J connectivity index is 1.30. The van der Waals surface area contributed by atoms with E-state index in [9.17, 15) is 0 Å². The zero-order valence-electron chi connectivity index (χ0n) is 26.3. The maximum Gasteiger partial charge on any atom is -0.00199 e. The van der Waals surface area contributed by atoms with Gasteiger partial charge in [0.2, 0.25) is 0 Å². The van der Waals surface area contributed by atoms with Crippen LogP contribution in [0.25, 0.3) is 98.0 Å². The van der Waals surface area contributed by atoms with Gasteiger partial charge < -0.3 is 0 Å². The highest BCUT2D eigenvalue weighted by molar-refractivity contribution is 6.27. The zero-order chi connectivity index (χ0) is 31.6. The highest BCUT2D eigenvalue weighted by Gasteiger charge is 2.20. The summed E-state index contributed by atoms with van der Waals surface area (Å²) < 4.78 is 0. The maximum atomic E-state index is 2.35. The van der Waals surface area contributed by atoms with Crippen LogP contribution in [0.5, 0.6) is 0 Å². The minimum absolute atomic E-state index is 1.24.